The van der Waals surface area contributed by atoms with E-state index in [9.17, 15) is 30.0 Å². The fourth-order valence-corrected chi connectivity index (χ4v) is 5.33. The van der Waals surface area contributed by atoms with Crippen LogP contribution in [0.2, 0.25) is 0 Å². The van der Waals surface area contributed by atoms with Crippen molar-refractivity contribution in [3.63, 3.8) is 0 Å². The molecular weight excluding hydrogens is 576 g/mol. The highest BCUT2D eigenvalue weighted by Crippen LogP contribution is 2.29. The zero-order valence-corrected chi connectivity index (χ0v) is 28.3. The second-order valence-electron chi connectivity index (χ2n) is 12.8. The van der Waals surface area contributed by atoms with Gasteiger partial charge in [0.15, 0.2) is 6.29 Å². The number of hydrogen-bond donors (Lipinski definition) is 4. The molecule has 0 aromatic heterocycles. The first-order valence-electron chi connectivity index (χ1n) is 17.7. The lowest BCUT2D eigenvalue weighted by Crippen LogP contribution is -2.43. The predicted molar refractivity (Wildman–Crippen MR) is 176 cm³/mol. The lowest BCUT2D eigenvalue weighted by molar-refractivity contribution is -0.199. The van der Waals surface area contributed by atoms with E-state index in [1.807, 2.05) is 12.2 Å². The highest BCUT2D eigenvalue weighted by atomic mass is 16.6. The third kappa shape index (κ3) is 21.6. The van der Waals surface area contributed by atoms with Crippen molar-refractivity contribution in [3.05, 3.63) is 24.3 Å². The van der Waals surface area contributed by atoms with Crippen LogP contribution in [0, 0.1) is 11.8 Å². The van der Waals surface area contributed by atoms with Gasteiger partial charge in [-0.25, -0.2) is 0 Å². The van der Waals surface area contributed by atoms with Gasteiger partial charge >= 0.3 is 11.9 Å². The molecular formula is C36H64O9. The van der Waals surface area contributed by atoms with E-state index < -0.39 is 36.7 Å². The molecule has 1 rings (SSSR count). The lowest BCUT2D eigenvalue weighted by atomic mass is 9.87. The number of aliphatic hydroxyl groups excluding tert-OH is 4. The second kappa shape index (κ2) is 26.3. The molecule has 1 fully saturated rings. The molecule has 9 nitrogen and oxygen atoms in total. The van der Waals surface area contributed by atoms with Crippen molar-refractivity contribution in [2.45, 2.75) is 167 Å². The highest BCUT2D eigenvalue weighted by molar-refractivity contribution is 5.69. The average molecular weight is 641 g/mol. The maximum Gasteiger partial charge on any atom is 0.305 e. The first kappa shape index (κ1) is 41.2. The summed E-state index contributed by atoms with van der Waals surface area (Å²) in [6.07, 6.45) is 18.7. The van der Waals surface area contributed by atoms with Crippen LogP contribution < -0.4 is 0 Å². The Labute approximate surface area is 272 Å². The van der Waals surface area contributed by atoms with E-state index >= 15 is 0 Å². The third-order valence-corrected chi connectivity index (χ3v) is 8.52. The van der Waals surface area contributed by atoms with Gasteiger partial charge in [-0.15, -0.1) is 0 Å². The van der Waals surface area contributed by atoms with Crippen molar-refractivity contribution in [1.29, 1.82) is 0 Å². The van der Waals surface area contributed by atoms with E-state index in [-0.39, 0.29) is 37.9 Å². The fraction of sp³-hybridized carbons (Fsp3) is 0.833. The first-order valence-corrected chi connectivity index (χ1v) is 17.7. The number of esters is 2. The molecule has 0 radical (unpaired) electrons. The number of rotatable bonds is 26. The summed E-state index contributed by atoms with van der Waals surface area (Å²) in [6, 6.07) is 0. The molecule has 9 heteroatoms. The molecule has 1 saturated heterocycles. The van der Waals surface area contributed by atoms with E-state index in [0.717, 1.165) is 44.4 Å². The van der Waals surface area contributed by atoms with Gasteiger partial charge in [0.05, 0.1) is 18.3 Å². The van der Waals surface area contributed by atoms with Crippen LogP contribution in [0.15, 0.2) is 24.3 Å². The minimum Gasteiger partial charge on any atom is -0.463 e. The molecule has 1 heterocycles. The monoisotopic (exact) mass is 640 g/mol. The van der Waals surface area contributed by atoms with Gasteiger partial charge in [0.1, 0.15) is 19.3 Å². The lowest BCUT2D eigenvalue weighted by Gasteiger charge is -2.36. The fourth-order valence-electron chi connectivity index (χ4n) is 5.33. The Morgan fingerprint density at radius 2 is 1.47 bits per heavy atom. The molecule has 0 aromatic rings. The van der Waals surface area contributed by atoms with Gasteiger partial charge in [-0.05, 0) is 38.0 Å². The van der Waals surface area contributed by atoms with Crippen LogP contribution in [-0.4, -0.2) is 76.3 Å². The zero-order valence-electron chi connectivity index (χ0n) is 28.3. The molecule has 1 aliphatic rings. The van der Waals surface area contributed by atoms with E-state index in [1.54, 1.807) is 12.2 Å². The van der Waals surface area contributed by atoms with Crippen LogP contribution in [-0.2, 0) is 23.8 Å². The van der Waals surface area contributed by atoms with Crippen LogP contribution in [0.5, 0.6) is 0 Å². The molecule has 45 heavy (non-hydrogen) atoms. The van der Waals surface area contributed by atoms with Gasteiger partial charge in [0, 0.05) is 25.2 Å². The molecule has 0 spiro atoms. The second-order valence-corrected chi connectivity index (χ2v) is 12.8. The van der Waals surface area contributed by atoms with Gasteiger partial charge in [0.25, 0.3) is 0 Å². The number of carbonyl (C=O) groups is 2. The van der Waals surface area contributed by atoms with Crippen LogP contribution in [0.3, 0.4) is 0 Å². The number of ether oxygens (including phenoxy) is 3. The smallest absolute Gasteiger partial charge is 0.305 e. The maximum atomic E-state index is 12.0. The minimum atomic E-state index is -1.05. The highest BCUT2D eigenvalue weighted by Gasteiger charge is 2.35. The zero-order chi connectivity index (χ0) is 33.3. The molecule has 2 unspecified atom stereocenters. The van der Waals surface area contributed by atoms with Crippen LogP contribution in [0.25, 0.3) is 0 Å². The van der Waals surface area contributed by atoms with Crippen molar-refractivity contribution in [1.82, 2.24) is 0 Å². The summed E-state index contributed by atoms with van der Waals surface area (Å²) in [5, 5.41) is 40.6. The molecule has 7 atom stereocenters. The Kier molecular flexibility index (Phi) is 24.1. The Morgan fingerprint density at radius 3 is 2.13 bits per heavy atom. The molecule has 4 N–H and O–H groups in total. The van der Waals surface area contributed by atoms with Crippen LogP contribution in [0.4, 0.5) is 0 Å². The number of aliphatic hydroxyl groups is 4. The summed E-state index contributed by atoms with van der Waals surface area (Å²) in [5.74, 6) is -0.210. The van der Waals surface area contributed by atoms with Gasteiger partial charge in [-0.3, -0.25) is 9.59 Å². The summed E-state index contributed by atoms with van der Waals surface area (Å²) >= 11 is 0. The van der Waals surface area contributed by atoms with Crippen LogP contribution >= 0.6 is 0 Å². The molecule has 0 aliphatic carbocycles. The van der Waals surface area contributed by atoms with Gasteiger partial charge in [-0.2, -0.15) is 0 Å². The molecule has 1 aliphatic heterocycles. The minimum absolute atomic E-state index is 0.137. The first-order chi connectivity index (χ1) is 21.7. The number of allylic oxidation sites excluding steroid dienone is 2. The van der Waals surface area contributed by atoms with Gasteiger partial charge < -0.3 is 34.6 Å². The van der Waals surface area contributed by atoms with Crippen LogP contribution in [0.1, 0.15) is 136 Å². The average Bonchev–Trinajstić information content (AvgIpc) is 3.01. The normalized spacial score (nSPS) is 22.5. The SMILES string of the molecule is CCCCC[C@H](O)/C=C/[C@H]1OC(O)C[C@H](O)[C@@H]1C/C=C\CCCC(=O)OC[C@@H](O)COC(=O)CCCCCCCCC(C)CC. The Morgan fingerprint density at radius 1 is 0.844 bits per heavy atom. The third-order valence-electron chi connectivity index (χ3n) is 8.52. The van der Waals surface area contributed by atoms with Crippen molar-refractivity contribution in [2.75, 3.05) is 13.2 Å². The number of carbonyl (C=O) groups excluding carboxylic acids is 2. The summed E-state index contributed by atoms with van der Waals surface area (Å²) < 4.78 is 15.9. The maximum absolute atomic E-state index is 12.0. The van der Waals surface area contributed by atoms with Gasteiger partial charge in [-0.1, -0.05) is 109 Å². The number of hydrogen-bond acceptors (Lipinski definition) is 9. The summed E-state index contributed by atoms with van der Waals surface area (Å²) in [4.78, 5) is 24.0. The van der Waals surface area contributed by atoms with Gasteiger partial charge in [0.2, 0.25) is 0 Å². The Hall–Kier alpha value is -1.78. The van der Waals surface area contributed by atoms with E-state index in [4.69, 9.17) is 14.2 Å². The standard InChI is InChI=1S/C36H64O9/c1-4-6-13-19-29(37)23-24-33-31(32(39)25-36(42)45-33)20-15-11-12-17-22-35(41)44-27-30(38)26-43-34(40)21-16-10-8-7-9-14-18-28(3)5-2/h11,15,23-24,28-33,36-39,42H,4-10,12-14,16-22,25-27H2,1-3H3/b15-11-,24-23+/t28?,29-,30-,31-,32-,33+,36?/m0/s1. The predicted octanol–water partition coefficient (Wildman–Crippen LogP) is 6.30. The molecule has 0 saturated carbocycles. The van der Waals surface area contributed by atoms with E-state index in [0.29, 0.717) is 32.1 Å². The quantitative estimate of drug-likeness (QED) is 0.0487. The Balaban J connectivity index is 2.17. The van der Waals surface area contributed by atoms with E-state index in [2.05, 4.69) is 20.8 Å². The summed E-state index contributed by atoms with van der Waals surface area (Å²) in [6.45, 7) is 6.23. The molecule has 0 aromatic carbocycles. The molecule has 0 amide bonds. The van der Waals surface area contributed by atoms with E-state index in [1.165, 1.54) is 32.1 Å². The number of unbranched alkanes of at least 4 members (excludes halogenated alkanes) is 8. The Bertz CT molecular complexity index is 814. The summed E-state index contributed by atoms with van der Waals surface area (Å²) in [5.41, 5.74) is 0. The van der Waals surface area contributed by atoms with Crippen molar-refractivity contribution >= 4 is 11.9 Å². The largest absolute Gasteiger partial charge is 0.463 e. The summed E-state index contributed by atoms with van der Waals surface area (Å²) in [7, 11) is 0. The topological polar surface area (TPSA) is 143 Å². The molecule has 262 valence electrons. The van der Waals surface area contributed by atoms with Crippen molar-refractivity contribution < 1.29 is 44.2 Å². The van der Waals surface area contributed by atoms with Crippen molar-refractivity contribution in [3.8, 4) is 0 Å². The van der Waals surface area contributed by atoms with Crippen molar-refractivity contribution in [2.24, 2.45) is 11.8 Å². The molecule has 0 bridgehead atoms.